The minimum absolute atomic E-state index is 0.00379. The Morgan fingerprint density at radius 3 is 2.95 bits per heavy atom. The smallest absolute Gasteiger partial charge is 0.376 e. The number of aliphatic hydroxyl groups excluding tert-OH is 1. The summed E-state index contributed by atoms with van der Waals surface area (Å²) >= 11 is 1.27. The molecular weight excluding hydrogens is 268 g/mol. The first-order chi connectivity index (χ1) is 9.15. The molecule has 0 amide bonds. The Hall–Kier alpha value is -1.93. The number of aliphatic hydroxyl groups is 1. The van der Waals surface area contributed by atoms with Gasteiger partial charge in [0.25, 0.3) is 0 Å². The van der Waals surface area contributed by atoms with Gasteiger partial charge in [0, 0.05) is 13.2 Å². The molecule has 19 heavy (non-hydrogen) atoms. The van der Waals surface area contributed by atoms with Crippen LogP contribution in [0.1, 0.15) is 16.3 Å². The van der Waals surface area contributed by atoms with Gasteiger partial charge in [0.1, 0.15) is 5.03 Å². The van der Waals surface area contributed by atoms with Crippen molar-refractivity contribution in [1.29, 1.82) is 0 Å². The third kappa shape index (κ3) is 2.91. The van der Waals surface area contributed by atoms with E-state index in [0.717, 1.165) is 0 Å². The maximum atomic E-state index is 11.3. The molecule has 0 aromatic carbocycles. The van der Waals surface area contributed by atoms with Gasteiger partial charge in [-0.25, -0.2) is 19.7 Å². The van der Waals surface area contributed by atoms with Crippen LogP contribution in [0.5, 0.6) is 0 Å². The van der Waals surface area contributed by atoms with Crippen LogP contribution in [0.15, 0.2) is 28.6 Å². The molecule has 0 atom stereocenters. The molecule has 2 aromatic heterocycles. The molecule has 0 radical (unpaired) electrons. The zero-order valence-corrected chi connectivity index (χ0v) is 11.2. The lowest BCUT2D eigenvalue weighted by Crippen LogP contribution is -2.07. The fourth-order valence-electron chi connectivity index (χ4n) is 1.35. The van der Waals surface area contributed by atoms with E-state index in [1.807, 2.05) is 0 Å². The van der Waals surface area contributed by atoms with Gasteiger partial charge in [-0.05, 0) is 17.8 Å². The van der Waals surface area contributed by atoms with E-state index in [9.17, 15) is 4.79 Å². The van der Waals surface area contributed by atoms with Crippen molar-refractivity contribution >= 4 is 17.7 Å². The molecule has 0 aliphatic rings. The van der Waals surface area contributed by atoms with Crippen LogP contribution in [0.3, 0.4) is 0 Å². The highest BCUT2D eigenvalue weighted by Gasteiger charge is 2.12. The fraction of sp³-hybridized carbons (Fsp3) is 0.273. The summed E-state index contributed by atoms with van der Waals surface area (Å²) in [7, 11) is 3.07. The Kier molecular flexibility index (Phi) is 4.13. The van der Waals surface area contributed by atoms with Gasteiger partial charge >= 0.3 is 5.97 Å². The number of carbonyl (C=O) groups excluding carboxylic acids is 1. The molecule has 0 aliphatic carbocycles. The highest BCUT2D eigenvalue weighted by atomic mass is 32.2. The number of hydrogen-bond donors (Lipinski definition) is 1. The Bertz CT molecular complexity index is 599. The van der Waals surface area contributed by atoms with Crippen molar-refractivity contribution < 1.29 is 14.6 Å². The summed E-state index contributed by atoms with van der Waals surface area (Å²) in [6, 6.07) is 1.67. The van der Waals surface area contributed by atoms with Crippen molar-refractivity contribution in [3.8, 4) is 0 Å². The summed E-state index contributed by atoms with van der Waals surface area (Å²) in [6.07, 6.45) is 3.07. The van der Waals surface area contributed by atoms with Crippen LogP contribution in [0.2, 0.25) is 0 Å². The van der Waals surface area contributed by atoms with Gasteiger partial charge in [0.15, 0.2) is 5.16 Å². The van der Waals surface area contributed by atoms with Crippen molar-refractivity contribution in [3.63, 3.8) is 0 Å². The summed E-state index contributed by atoms with van der Waals surface area (Å²) in [5.41, 5.74) is 0.699. The maximum Gasteiger partial charge on any atom is 0.376 e. The number of ether oxygens (including phenoxy) is 1. The molecule has 2 aromatic rings. The summed E-state index contributed by atoms with van der Waals surface area (Å²) in [5.74, 6) is -0.581. The number of nitrogens with zero attached hydrogens (tertiary/aromatic N) is 4. The fourth-order valence-corrected chi connectivity index (χ4v) is 2.16. The Balaban J connectivity index is 2.23. The SMILES string of the molecule is COC(=O)c1nccc(Sc2ncc(CO)n2C)n1. The zero-order chi connectivity index (χ0) is 13.8. The molecule has 0 spiro atoms. The van der Waals surface area contributed by atoms with Crippen molar-refractivity contribution in [1.82, 2.24) is 19.5 Å². The number of methoxy groups -OCH3 is 1. The van der Waals surface area contributed by atoms with E-state index in [0.29, 0.717) is 15.9 Å². The van der Waals surface area contributed by atoms with Crippen molar-refractivity contribution in [2.45, 2.75) is 16.8 Å². The monoisotopic (exact) mass is 280 g/mol. The second-order valence-electron chi connectivity index (χ2n) is 3.56. The molecular formula is C11H12N4O3S. The topological polar surface area (TPSA) is 90.1 Å². The van der Waals surface area contributed by atoms with Gasteiger partial charge in [-0.3, -0.25) is 0 Å². The second kappa shape index (κ2) is 5.81. The number of carbonyl (C=O) groups is 1. The molecule has 0 saturated heterocycles. The van der Waals surface area contributed by atoms with Gasteiger partial charge < -0.3 is 14.4 Å². The highest BCUT2D eigenvalue weighted by Crippen LogP contribution is 2.24. The first kappa shape index (κ1) is 13.5. The molecule has 0 unspecified atom stereocenters. The largest absolute Gasteiger partial charge is 0.463 e. The van der Waals surface area contributed by atoms with Gasteiger partial charge in [0.05, 0.1) is 25.6 Å². The first-order valence-corrected chi connectivity index (χ1v) is 6.18. The number of hydrogen-bond acceptors (Lipinski definition) is 7. The highest BCUT2D eigenvalue weighted by molar-refractivity contribution is 7.99. The van der Waals surface area contributed by atoms with Crippen LogP contribution in [-0.4, -0.2) is 37.7 Å². The van der Waals surface area contributed by atoms with E-state index in [1.165, 1.54) is 25.1 Å². The van der Waals surface area contributed by atoms with Gasteiger partial charge in [-0.2, -0.15) is 0 Å². The number of rotatable bonds is 4. The number of aromatic nitrogens is 4. The van der Waals surface area contributed by atoms with Crippen molar-refractivity contribution in [2.24, 2.45) is 7.05 Å². The van der Waals surface area contributed by atoms with Gasteiger partial charge in [-0.15, -0.1) is 0 Å². The van der Waals surface area contributed by atoms with Crippen molar-refractivity contribution in [3.05, 3.63) is 30.0 Å². The molecule has 2 heterocycles. The first-order valence-electron chi connectivity index (χ1n) is 5.36. The summed E-state index contributed by atoms with van der Waals surface area (Å²) in [5, 5.41) is 10.3. The quantitative estimate of drug-likeness (QED) is 0.649. The lowest BCUT2D eigenvalue weighted by atomic mass is 10.5. The summed E-state index contributed by atoms with van der Waals surface area (Å²) in [4.78, 5) is 23.4. The molecule has 0 fully saturated rings. The van der Waals surface area contributed by atoms with E-state index < -0.39 is 5.97 Å². The average molecular weight is 280 g/mol. The average Bonchev–Trinajstić information content (AvgIpc) is 2.79. The standard InChI is InChI=1S/C11H12N4O3S/c1-15-7(6-16)5-13-11(15)19-8-3-4-12-9(14-8)10(17)18-2/h3-5,16H,6H2,1-2H3. The third-order valence-corrected chi connectivity index (χ3v) is 3.40. The lowest BCUT2D eigenvalue weighted by Gasteiger charge is -2.04. The number of esters is 1. The lowest BCUT2D eigenvalue weighted by molar-refractivity contribution is 0.0585. The molecule has 0 bridgehead atoms. The predicted octanol–water partition coefficient (Wildman–Crippen LogP) is 0.640. The molecule has 7 nitrogen and oxygen atoms in total. The van der Waals surface area contributed by atoms with E-state index in [-0.39, 0.29) is 12.4 Å². The Morgan fingerprint density at radius 1 is 1.53 bits per heavy atom. The van der Waals surface area contributed by atoms with E-state index in [1.54, 1.807) is 23.9 Å². The number of imidazole rings is 1. The molecule has 0 saturated carbocycles. The molecule has 100 valence electrons. The van der Waals surface area contributed by atoms with E-state index in [2.05, 4.69) is 19.7 Å². The van der Waals surface area contributed by atoms with Crippen LogP contribution in [-0.2, 0) is 18.4 Å². The Morgan fingerprint density at radius 2 is 2.32 bits per heavy atom. The molecule has 0 aliphatic heterocycles. The van der Waals surface area contributed by atoms with Crippen LogP contribution in [0.4, 0.5) is 0 Å². The van der Waals surface area contributed by atoms with Crippen LogP contribution >= 0.6 is 11.8 Å². The molecule has 1 N–H and O–H groups in total. The van der Waals surface area contributed by atoms with E-state index in [4.69, 9.17) is 5.11 Å². The van der Waals surface area contributed by atoms with Crippen LogP contribution in [0, 0.1) is 0 Å². The minimum atomic E-state index is -0.585. The summed E-state index contributed by atoms with van der Waals surface area (Å²) < 4.78 is 6.31. The molecule has 2 rings (SSSR count). The predicted molar refractivity (Wildman–Crippen MR) is 66.6 cm³/mol. The molecule has 8 heteroatoms. The van der Waals surface area contributed by atoms with Crippen LogP contribution in [0.25, 0.3) is 0 Å². The Labute approximate surface area is 113 Å². The van der Waals surface area contributed by atoms with E-state index >= 15 is 0 Å². The van der Waals surface area contributed by atoms with Crippen molar-refractivity contribution in [2.75, 3.05) is 7.11 Å². The summed E-state index contributed by atoms with van der Waals surface area (Å²) in [6.45, 7) is -0.0821. The normalized spacial score (nSPS) is 10.5. The van der Waals surface area contributed by atoms with Gasteiger partial charge in [-0.1, -0.05) is 0 Å². The maximum absolute atomic E-state index is 11.3. The minimum Gasteiger partial charge on any atom is -0.463 e. The van der Waals surface area contributed by atoms with Crippen LogP contribution < -0.4 is 0 Å². The third-order valence-electron chi connectivity index (χ3n) is 2.40. The zero-order valence-electron chi connectivity index (χ0n) is 10.4. The van der Waals surface area contributed by atoms with Gasteiger partial charge in [0.2, 0.25) is 5.82 Å². The second-order valence-corrected chi connectivity index (χ2v) is 4.55.